The molecule has 3 aromatic carbocycles. The van der Waals surface area contributed by atoms with Crippen LogP contribution in [-0.4, -0.2) is 30.1 Å². The first-order valence-corrected chi connectivity index (χ1v) is 10.4. The topological polar surface area (TPSA) is 80.0 Å². The van der Waals surface area contributed by atoms with Crippen molar-refractivity contribution in [2.75, 3.05) is 12.0 Å². The minimum atomic E-state index is -1.12. The van der Waals surface area contributed by atoms with Crippen molar-refractivity contribution >= 4 is 39.5 Å². The highest BCUT2D eigenvalue weighted by Gasteiger charge is 2.27. The van der Waals surface area contributed by atoms with Crippen LogP contribution in [0.5, 0.6) is 0 Å². The minimum absolute atomic E-state index is 0.0165. The van der Waals surface area contributed by atoms with Gasteiger partial charge in [0.15, 0.2) is 0 Å². The third-order valence-electron chi connectivity index (χ3n) is 5.49. The first-order valence-electron chi connectivity index (χ1n) is 10.4. The summed E-state index contributed by atoms with van der Waals surface area (Å²) in [5.41, 5.74) is 3.98. The summed E-state index contributed by atoms with van der Waals surface area (Å²) in [7, 11) is 1.63. The number of methoxy groups -OCH3 is 1. The number of rotatable bonds is 6. The van der Waals surface area contributed by atoms with Crippen LogP contribution in [0.3, 0.4) is 0 Å². The molecule has 0 unspecified atom stereocenters. The third-order valence-corrected chi connectivity index (χ3v) is 5.49. The maximum atomic E-state index is 13.4. The van der Waals surface area contributed by atoms with Gasteiger partial charge in [0.05, 0.1) is 17.9 Å². The smallest absolute Gasteiger partial charge is 0.337 e. The molecule has 0 atom stereocenters. The van der Waals surface area contributed by atoms with Gasteiger partial charge in [0.1, 0.15) is 11.2 Å². The molecule has 0 aliphatic heterocycles. The minimum Gasteiger partial charge on any atom is -0.478 e. The van der Waals surface area contributed by atoms with E-state index in [2.05, 4.69) is 0 Å². The molecule has 0 radical (unpaired) electrons. The van der Waals surface area contributed by atoms with Crippen LogP contribution in [0.15, 0.2) is 59.0 Å². The van der Waals surface area contributed by atoms with Gasteiger partial charge in [0.2, 0.25) is 0 Å². The van der Waals surface area contributed by atoms with Crippen molar-refractivity contribution in [1.82, 2.24) is 0 Å². The lowest BCUT2D eigenvalue weighted by Gasteiger charge is -2.28. The molecule has 0 aliphatic carbocycles. The van der Waals surface area contributed by atoms with Gasteiger partial charge in [0, 0.05) is 29.5 Å². The summed E-state index contributed by atoms with van der Waals surface area (Å²) in [5.74, 6) is -1.38. The molecule has 0 aliphatic rings. The highest BCUT2D eigenvalue weighted by Crippen LogP contribution is 2.36. The maximum Gasteiger partial charge on any atom is 0.337 e. The Morgan fingerprint density at radius 3 is 2.31 bits per heavy atom. The standard InChI is InChI=1S/C26H25NO5/c1-15(2)27(25(28)18-8-5-16(3)6-9-18)22-12-20-19-11-17(14-31-4)7-10-23(19)32-24(20)13-21(22)26(29)30/h5-13,15H,14H2,1-4H3,(H,29,30). The Kier molecular flexibility index (Phi) is 5.72. The molecule has 1 aromatic heterocycles. The lowest BCUT2D eigenvalue weighted by molar-refractivity contribution is 0.0697. The molecule has 6 heteroatoms. The Bertz CT molecular complexity index is 1320. The molecule has 1 N–H and O–H groups in total. The van der Waals surface area contributed by atoms with Crippen molar-refractivity contribution < 1.29 is 23.8 Å². The number of hydrogen-bond acceptors (Lipinski definition) is 4. The van der Waals surface area contributed by atoms with Gasteiger partial charge in [-0.15, -0.1) is 0 Å². The fourth-order valence-electron chi connectivity index (χ4n) is 3.94. The Morgan fingerprint density at radius 1 is 1.00 bits per heavy atom. The summed E-state index contributed by atoms with van der Waals surface area (Å²) in [4.78, 5) is 27.1. The number of ether oxygens (including phenoxy) is 1. The van der Waals surface area contributed by atoms with E-state index in [1.807, 2.05) is 51.1 Å². The van der Waals surface area contributed by atoms with E-state index in [0.29, 0.717) is 29.0 Å². The second kappa shape index (κ2) is 8.48. The molecule has 4 rings (SSSR count). The van der Waals surface area contributed by atoms with Crippen LogP contribution in [0.1, 0.15) is 45.7 Å². The molecular weight excluding hydrogens is 406 g/mol. The predicted octanol–water partition coefficient (Wildman–Crippen LogP) is 5.79. The van der Waals surface area contributed by atoms with Gasteiger partial charge in [-0.1, -0.05) is 23.8 Å². The number of furan rings is 1. The van der Waals surface area contributed by atoms with Gasteiger partial charge in [0.25, 0.3) is 5.91 Å². The third kappa shape index (κ3) is 3.85. The van der Waals surface area contributed by atoms with E-state index in [-0.39, 0.29) is 17.5 Å². The quantitative estimate of drug-likeness (QED) is 0.418. The number of carboxylic acids is 1. The highest BCUT2D eigenvalue weighted by atomic mass is 16.5. The number of carboxylic acid groups (broad SMARTS) is 1. The average Bonchev–Trinajstić information content (AvgIpc) is 3.10. The predicted molar refractivity (Wildman–Crippen MR) is 125 cm³/mol. The van der Waals surface area contributed by atoms with Gasteiger partial charge in [-0.25, -0.2) is 4.79 Å². The molecule has 4 aromatic rings. The Labute approximate surface area is 186 Å². The molecular formula is C26H25NO5. The average molecular weight is 431 g/mol. The summed E-state index contributed by atoms with van der Waals surface area (Å²) in [6, 6.07) is 16.0. The van der Waals surface area contributed by atoms with Crippen molar-refractivity contribution in [2.45, 2.75) is 33.4 Å². The monoisotopic (exact) mass is 431 g/mol. The van der Waals surface area contributed by atoms with Crippen LogP contribution >= 0.6 is 0 Å². The molecule has 0 fully saturated rings. The molecule has 32 heavy (non-hydrogen) atoms. The van der Waals surface area contributed by atoms with Crippen LogP contribution in [0, 0.1) is 6.92 Å². The van der Waals surface area contributed by atoms with E-state index in [9.17, 15) is 14.7 Å². The summed E-state index contributed by atoms with van der Waals surface area (Å²) < 4.78 is 11.2. The largest absolute Gasteiger partial charge is 0.478 e. The summed E-state index contributed by atoms with van der Waals surface area (Å²) >= 11 is 0. The van der Waals surface area contributed by atoms with Crippen molar-refractivity contribution in [3.05, 3.63) is 76.9 Å². The van der Waals surface area contributed by atoms with Gasteiger partial charge in [-0.2, -0.15) is 0 Å². The van der Waals surface area contributed by atoms with Crippen LogP contribution < -0.4 is 4.90 Å². The Hall–Kier alpha value is -3.64. The molecule has 0 bridgehead atoms. The lowest BCUT2D eigenvalue weighted by Crippen LogP contribution is -2.38. The summed E-state index contributed by atoms with van der Waals surface area (Å²) in [6.07, 6.45) is 0. The number of aryl methyl sites for hydroxylation is 1. The van der Waals surface area contributed by atoms with Crippen LogP contribution in [0.25, 0.3) is 21.9 Å². The molecule has 0 spiro atoms. The van der Waals surface area contributed by atoms with Crippen molar-refractivity contribution in [3.63, 3.8) is 0 Å². The fraction of sp³-hybridized carbons (Fsp3) is 0.231. The van der Waals surface area contributed by atoms with E-state index in [1.165, 1.54) is 11.0 Å². The Balaban J connectivity index is 1.94. The number of carbonyl (C=O) groups excluding carboxylic acids is 1. The van der Waals surface area contributed by atoms with Gasteiger partial charge in [-0.05, 0) is 62.7 Å². The first kappa shape index (κ1) is 21.6. The van der Waals surface area contributed by atoms with Crippen LogP contribution in [-0.2, 0) is 11.3 Å². The normalized spacial score (nSPS) is 11.4. The molecule has 164 valence electrons. The number of fused-ring (bicyclic) bond motifs is 3. The number of hydrogen-bond donors (Lipinski definition) is 1. The van der Waals surface area contributed by atoms with E-state index in [4.69, 9.17) is 9.15 Å². The van der Waals surface area contributed by atoms with Crippen molar-refractivity contribution in [2.24, 2.45) is 0 Å². The van der Waals surface area contributed by atoms with E-state index in [1.54, 1.807) is 25.3 Å². The van der Waals surface area contributed by atoms with Gasteiger partial charge < -0.3 is 19.2 Å². The highest BCUT2D eigenvalue weighted by molar-refractivity contribution is 6.14. The number of aromatic carboxylic acids is 1. The second-order valence-electron chi connectivity index (χ2n) is 8.17. The zero-order valence-corrected chi connectivity index (χ0v) is 18.5. The zero-order chi connectivity index (χ0) is 23.0. The van der Waals surface area contributed by atoms with Gasteiger partial charge >= 0.3 is 5.97 Å². The summed E-state index contributed by atoms with van der Waals surface area (Å²) in [5, 5.41) is 11.5. The molecule has 0 saturated heterocycles. The second-order valence-corrected chi connectivity index (χ2v) is 8.17. The number of anilines is 1. The SMILES string of the molecule is COCc1ccc2oc3cc(C(=O)O)c(N(C(=O)c4ccc(C)cc4)C(C)C)cc3c2c1. The number of benzene rings is 3. The number of carbonyl (C=O) groups is 2. The number of amides is 1. The maximum absolute atomic E-state index is 13.4. The molecule has 1 amide bonds. The Morgan fingerprint density at radius 2 is 1.69 bits per heavy atom. The van der Waals surface area contributed by atoms with Crippen molar-refractivity contribution in [1.29, 1.82) is 0 Å². The molecule has 6 nitrogen and oxygen atoms in total. The first-order chi connectivity index (χ1) is 15.3. The fourth-order valence-corrected chi connectivity index (χ4v) is 3.94. The molecule has 0 saturated carbocycles. The van der Waals surface area contributed by atoms with Gasteiger partial charge in [-0.3, -0.25) is 4.79 Å². The zero-order valence-electron chi connectivity index (χ0n) is 18.5. The van der Waals surface area contributed by atoms with E-state index < -0.39 is 5.97 Å². The molecule has 1 heterocycles. The van der Waals surface area contributed by atoms with Crippen LogP contribution in [0.2, 0.25) is 0 Å². The lowest BCUT2D eigenvalue weighted by atomic mass is 10.0. The summed E-state index contributed by atoms with van der Waals surface area (Å²) in [6.45, 7) is 6.14. The number of nitrogens with zero attached hydrogens (tertiary/aromatic N) is 1. The van der Waals surface area contributed by atoms with E-state index in [0.717, 1.165) is 21.9 Å². The van der Waals surface area contributed by atoms with Crippen molar-refractivity contribution in [3.8, 4) is 0 Å². The van der Waals surface area contributed by atoms with Crippen LogP contribution in [0.4, 0.5) is 5.69 Å². The van der Waals surface area contributed by atoms with E-state index >= 15 is 0 Å².